The lowest BCUT2D eigenvalue weighted by molar-refractivity contribution is -0.118. The third-order valence-corrected chi connectivity index (χ3v) is 3.80. The Hall–Kier alpha value is -3.02. The summed E-state index contributed by atoms with van der Waals surface area (Å²) < 4.78 is 9.98. The topological polar surface area (TPSA) is 93.1 Å². The van der Waals surface area contributed by atoms with Gasteiger partial charge in [0.25, 0.3) is 0 Å². The maximum atomic E-state index is 12.2. The summed E-state index contributed by atoms with van der Waals surface area (Å²) in [6.45, 7) is 0. The third kappa shape index (κ3) is 4.73. The molecule has 0 radical (unpaired) electrons. The number of hydrogen-bond donors (Lipinski definition) is 2. The molecule has 0 aliphatic rings. The van der Waals surface area contributed by atoms with Gasteiger partial charge in [0.15, 0.2) is 28.8 Å². The molecule has 0 amide bonds. The van der Waals surface area contributed by atoms with Crippen LogP contribution in [0.1, 0.15) is 28.8 Å². The largest absolute Gasteiger partial charge is 0.504 e. The van der Waals surface area contributed by atoms with E-state index in [0.29, 0.717) is 17.7 Å². The molecule has 0 saturated carbocycles. The van der Waals surface area contributed by atoms with Gasteiger partial charge in [-0.1, -0.05) is 6.07 Å². The zero-order chi connectivity index (χ0) is 18.4. The summed E-state index contributed by atoms with van der Waals surface area (Å²) in [5.41, 5.74) is 1.15. The first-order valence-corrected chi connectivity index (χ1v) is 7.72. The number of phenols is 2. The molecule has 0 aromatic heterocycles. The molecule has 25 heavy (non-hydrogen) atoms. The number of ether oxygens (including phenoxy) is 2. The highest BCUT2D eigenvalue weighted by molar-refractivity contribution is 6.08. The van der Waals surface area contributed by atoms with E-state index < -0.39 is 0 Å². The summed E-state index contributed by atoms with van der Waals surface area (Å²) >= 11 is 0. The molecular formula is C19H20O6. The fraction of sp³-hybridized carbons (Fsp3) is 0.263. The second-order valence-corrected chi connectivity index (χ2v) is 5.53. The summed E-state index contributed by atoms with van der Waals surface area (Å²) in [6.07, 6.45) is 0.430. The molecule has 6 heteroatoms. The number of aromatic hydroxyl groups is 2. The van der Waals surface area contributed by atoms with Crippen LogP contribution < -0.4 is 9.47 Å². The number of rotatable bonds is 8. The molecule has 6 nitrogen and oxygen atoms in total. The summed E-state index contributed by atoms with van der Waals surface area (Å²) in [7, 11) is 2.84. The Kier molecular flexibility index (Phi) is 6.00. The first-order chi connectivity index (χ1) is 11.9. The van der Waals surface area contributed by atoms with Gasteiger partial charge in [-0.3, -0.25) is 9.59 Å². The Balaban J connectivity index is 1.95. The molecule has 2 N–H and O–H groups in total. The Morgan fingerprint density at radius 2 is 1.52 bits per heavy atom. The molecule has 0 aliphatic carbocycles. The highest BCUT2D eigenvalue weighted by atomic mass is 16.5. The molecule has 2 rings (SSSR count). The van der Waals surface area contributed by atoms with Gasteiger partial charge in [0.05, 0.1) is 20.6 Å². The van der Waals surface area contributed by atoms with Crippen molar-refractivity contribution in [1.29, 1.82) is 0 Å². The Bertz CT molecular complexity index is 781. The van der Waals surface area contributed by atoms with Gasteiger partial charge in [-0.2, -0.15) is 0 Å². The average Bonchev–Trinajstić information content (AvgIpc) is 2.61. The molecule has 0 bridgehead atoms. The number of aryl methyl sites for hydroxylation is 1. The van der Waals surface area contributed by atoms with Crippen molar-refractivity contribution < 1.29 is 29.3 Å². The van der Waals surface area contributed by atoms with Crippen LogP contribution in [0.4, 0.5) is 0 Å². The Morgan fingerprint density at radius 3 is 2.16 bits per heavy atom. The van der Waals surface area contributed by atoms with E-state index in [1.54, 1.807) is 12.1 Å². The van der Waals surface area contributed by atoms with Crippen LogP contribution in [0, 0.1) is 0 Å². The summed E-state index contributed by atoms with van der Waals surface area (Å²) in [5, 5.41) is 19.1. The number of Topliss-reactive ketones (excluding diaryl/α,β-unsaturated/α-hetero) is 2. The Morgan fingerprint density at radius 1 is 0.920 bits per heavy atom. The lowest BCUT2D eigenvalue weighted by Crippen LogP contribution is -2.09. The van der Waals surface area contributed by atoms with Crippen LogP contribution in [0.2, 0.25) is 0 Å². The molecule has 0 aliphatic heterocycles. The van der Waals surface area contributed by atoms with Crippen molar-refractivity contribution in [2.75, 3.05) is 14.2 Å². The van der Waals surface area contributed by atoms with Gasteiger partial charge in [-0.15, -0.1) is 0 Å². The molecule has 2 aromatic rings. The molecule has 0 fully saturated rings. The van der Waals surface area contributed by atoms with E-state index in [4.69, 9.17) is 9.47 Å². The second-order valence-electron chi connectivity index (χ2n) is 5.53. The van der Waals surface area contributed by atoms with Crippen molar-refractivity contribution in [3.05, 3.63) is 47.5 Å². The quantitative estimate of drug-likeness (QED) is 0.565. The smallest absolute Gasteiger partial charge is 0.170 e. The van der Waals surface area contributed by atoms with E-state index in [1.165, 1.54) is 38.5 Å². The zero-order valence-electron chi connectivity index (χ0n) is 14.1. The van der Waals surface area contributed by atoms with Crippen LogP contribution in [0.5, 0.6) is 23.0 Å². The maximum Gasteiger partial charge on any atom is 0.170 e. The third-order valence-electron chi connectivity index (χ3n) is 3.80. The molecule has 2 aromatic carbocycles. The predicted octanol–water partition coefficient (Wildman–Crippen LogP) is 2.89. The molecule has 0 atom stereocenters. The van der Waals surface area contributed by atoms with Gasteiger partial charge < -0.3 is 19.7 Å². The van der Waals surface area contributed by atoms with E-state index in [-0.39, 0.29) is 41.7 Å². The van der Waals surface area contributed by atoms with Crippen LogP contribution in [0.15, 0.2) is 36.4 Å². The highest BCUT2D eigenvalue weighted by Gasteiger charge is 2.14. The molecule has 0 unspecified atom stereocenters. The standard InChI is InChI=1S/C19H20O6/c1-24-18-9-12(4-7-15(18)21)3-6-14(20)11-17(23)13-5-8-16(22)19(10-13)25-2/h4-5,7-10,21-22H,3,6,11H2,1-2H3. The van der Waals surface area contributed by atoms with Crippen molar-refractivity contribution in [2.45, 2.75) is 19.3 Å². The zero-order valence-corrected chi connectivity index (χ0v) is 14.1. The number of carbonyl (C=O) groups excluding carboxylic acids is 2. The summed E-state index contributed by atoms with van der Waals surface area (Å²) in [5.74, 6) is -0.0111. The fourth-order valence-corrected chi connectivity index (χ4v) is 2.38. The molecule has 0 heterocycles. The SMILES string of the molecule is COc1cc(CCC(=O)CC(=O)c2ccc(O)c(OC)c2)ccc1O. The molecule has 0 saturated heterocycles. The van der Waals surface area contributed by atoms with Gasteiger partial charge in [0.1, 0.15) is 5.78 Å². The normalized spacial score (nSPS) is 10.3. The van der Waals surface area contributed by atoms with E-state index in [1.807, 2.05) is 0 Å². The van der Waals surface area contributed by atoms with E-state index >= 15 is 0 Å². The van der Waals surface area contributed by atoms with Crippen molar-refractivity contribution in [3.63, 3.8) is 0 Å². The second kappa shape index (κ2) is 8.19. The number of methoxy groups -OCH3 is 2. The number of hydrogen-bond acceptors (Lipinski definition) is 6. The van der Waals surface area contributed by atoms with E-state index in [2.05, 4.69) is 0 Å². The number of carbonyl (C=O) groups is 2. The van der Waals surface area contributed by atoms with E-state index in [9.17, 15) is 19.8 Å². The van der Waals surface area contributed by atoms with Gasteiger partial charge in [-0.25, -0.2) is 0 Å². The minimum absolute atomic E-state index is 0.0361. The summed E-state index contributed by atoms with van der Waals surface area (Å²) in [6, 6.07) is 9.10. The highest BCUT2D eigenvalue weighted by Crippen LogP contribution is 2.28. The van der Waals surface area contributed by atoms with Crippen molar-refractivity contribution >= 4 is 11.6 Å². The van der Waals surface area contributed by atoms with Crippen molar-refractivity contribution in [3.8, 4) is 23.0 Å². The molecular weight excluding hydrogens is 324 g/mol. The van der Waals surface area contributed by atoms with Gasteiger partial charge in [0.2, 0.25) is 0 Å². The minimum Gasteiger partial charge on any atom is -0.504 e. The van der Waals surface area contributed by atoms with Crippen LogP contribution in [-0.2, 0) is 11.2 Å². The minimum atomic E-state index is -0.327. The van der Waals surface area contributed by atoms with Crippen LogP contribution in [0.3, 0.4) is 0 Å². The van der Waals surface area contributed by atoms with Crippen molar-refractivity contribution in [1.82, 2.24) is 0 Å². The van der Waals surface area contributed by atoms with Crippen LogP contribution in [0.25, 0.3) is 0 Å². The predicted molar refractivity (Wildman–Crippen MR) is 91.6 cm³/mol. The van der Waals surface area contributed by atoms with E-state index in [0.717, 1.165) is 5.56 Å². The molecule has 132 valence electrons. The molecule has 0 spiro atoms. The summed E-state index contributed by atoms with van der Waals surface area (Å²) in [4.78, 5) is 24.2. The first kappa shape index (κ1) is 18.3. The van der Waals surface area contributed by atoms with Crippen LogP contribution in [-0.4, -0.2) is 36.0 Å². The van der Waals surface area contributed by atoms with Crippen molar-refractivity contribution in [2.24, 2.45) is 0 Å². The average molecular weight is 344 g/mol. The van der Waals surface area contributed by atoms with Gasteiger partial charge in [-0.05, 0) is 42.3 Å². The number of ketones is 2. The maximum absolute atomic E-state index is 12.2. The van der Waals surface area contributed by atoms with Gasteiger partial charge in [0, 0.05) is 12.0 Å². The number of benzene rings is 2. The Labute approximate surface area is 145 Å². The number of phenolic OH excluding ortho intramolecular Hbond substituents is 2. The monoisotopic (exact) mass is 344 g/mol. The lowest BCUT2D eigenvalue weighted by Gasteiger charge is -2.07. The van der Waals surface area contributed by atoms with Crippen LogP contribution >= 0.6 is 0 Å². The first-order valence-electron chi connectivity index (χ1n) is 7.72. The van der Waals surface area contributed by atoms with Gasteiger partial charge >= 0.3 is 0 Å². The lowest BCUT2D eigenvalue weighted by atomic mass is 10.0. The fourth-order valence-electron chi connectivity index (χ4n) is 2.38.